The van der Waals surface area contributed by atoms with Crippen LogP contribution in [0.3, 0.4) is 0 Å². The first-order valence-electron chi connectivity index (χ1n) is 8.14. The van der Waals surface area contributed by atoms with E-state index in [1.165, 1.54) is 4.88 Å². The van der Waals surface area contributed by atoms with Crippen LogP contribution in [0.2, 0.25) is 0 Å². The highest BCUT2D eigenvalue weighted by molar-refractivity contribution is 14.0. The van der Waals surface area contributed by atoms with Gasteiger partial charge < -0.3 is 15.0 Å². The van der Waals surface area contributed by atoms with Crippen molar-refractivity contribution >= 4 is 41.3 Å². The molecule has 1 atom stereocenters. The van der Waals surface area contributed by atoms with Crippen molar-refractivity contribution in [3.8, 4) is 0 Å². The minimum atomic E-state index is 0. The van der Waals surface area contributed by atoms with E-state index in [-0.39, 0.29) is 24.0 Å². The van der Waals surface area contributed by atoms with Crippen LogP contribution in [0, 0.1) is 5.92 Å². The second kappa shape index (κ2) is 13.0. The van der Waals surface area contributed by atoms with Crippen molar-refractivity contribution in [1.29, 1.82) is 0 Å². The van der Waals surface area contributed by atoms with Gasteiger partial charge in [0.25, 0.3) is 0 Å². The molecule has 0 aliphatic heterocycles. The number of ether oxygens (including phenoxy) is 1. The Balaban J connectivity index is 0.00000484. The summed E-state index contributed by atoms with van der Waals surface area (Å²) in [4.78, 5) is 7.97. The largest absolute Gasteiger partial charge is 0.378 e. The number of halogens is 1. The third-order valence-corrected chi connectivity index (χ3v) is 4.62. The summed E-state index contributed by atoms with van der Waals surface area (Å²) in [5, 5.41) is 5.57. The molecule has 0 amide bonds. The molecule has 6 heteroatoms. The summed E-state index contributed by atoms with van der Waals surface area (Å²) in [6.45, 7) is 9.11. The maximum Gasteiger partial charge on any atom is 0.193 e. The first-order chi connectivity index (χ1) is 10.6. The van der Waals surface area contributed by atoms with Gasteiger partial charge in [-0.2, -0.15) is 0 Å². The van der Waals surface area contributed by atoms with E-state index in [4.69, 9.17) is 4.74 Å². The fourth-order valence-corrected chi connectivity index (χ4v) is 3.07. The number of thiophene rings is 1. The van der Waals surface area contributed by atoms with E-state index in [0.29, 0.717) is 12.0 Å². The summed E-state index contributed by atoms with van der Waals surface area (Å²) >= 11 is 1.81. The zero-order valence-electron chi connectivity index (χ0n) is 15.0. The number of likely N-dealkylation sites (N-methyl/N-ethyl adjacent to an activating group) is 1. The zero-order valence-corrected chi connectivity index (χ0v) is 18.2. The van der Waals surface area contributed by atoms with Crippen LogP contribution in [0.15, 0.2) is 22.5 Å². The van der Waals surface area contributed by atoms with Crippen LogP contribution in [0.25, 0.3) is 0 Å². The van der Waals surface area contributed by atoms with Gasteiger partial charge in [-0.25, -0.2) is 0 Å². The Hall–Kier alpha value is -0.340. The molecule has 1 rings (SSSR count). The molecular weight excluding hydrogens is 421 g/mol. The maximum atomic E-state index is 5.78. The van der Waals surface area contributed by atoms with E-state index in [0.717, 1.165) is 38.5 Å². The molecule has 0 radical (unpaired) electrons. The van der Waals surface area contributed by atoms with Crippen LogP contribution in [0.5, 0.6) is 0 Å². The quantitative estimate of drug-likeness (QED) is 0.351. The standard InChI is InChI=1S/C17H31N3OS.HI/c1-6-21-16(14(2)3)9-11-19-17(18-4)20(5)12-10-15-8-7-13-22-15;/h7-8,13-14,16H,6,9-12H2,1-5H3,(H,18,19);1H. The monoisotopic (exact) mass is 453 g/mol. The average Bonchev–Trinajstić information content (AvgIpc) is 3.01. The Bertz CT molecular complexity index is 423. The van der Waals surface area contributed by atoms with Gasteiger partial charge >= 0.3 is 0 Å². The lowest BCUT2D eigenvalue weighted by atomic mass is 10.0. The molecule has 0 aliphatic rings. The Morgan fingerprint density at radius 1 is 1.43 bits per heavy atom. The molecule has 1 N–H and O–H groups in total. The Labute approximate surface area is 162 Å². The number of nitrogens with one attached hydrogen (secondary N) is 1. The van der Waals surface area contributed by atoms with Gasteiger partial charge in [0.1, 0.15) is 0 Å². The fourth-order valence-electron chi connectivity index (χ4n) is 2.37. The van der Waals surface area contributed by atoms with Crippen molar-refractivity contribution in [1.82, 2.24) is 10.2 Å². The molecule has 1 unspecified atom stereocenters. The highest BCUT2D eigenvalue weighted by Gasteiger charge is 2.13. The predicted octanol–water partition coefficient (Wildman–Crippen LogP) is 3.87. The molecule has 23 heavy (non-hydrogen) atoms. The molecule has 0 fully saturated rings. The molecule has 0 aliphatic carbocycles. The lowest BCUT2D eigenvalue weighted by Gasteiger charge is -2.24. The van der Waals surface area contributed by atoms with Gasteiger partial charge in [0, 0.05) is 38.7 Å². The molecule has 1 aromatic heterocycles. The number of guanidine groups is 1. The topological polar surface area (TPSA) is 36.9 Å². The third-order valence-electron chi connectivity index (χ3n) is 3.68. The number of hydrogen-bond acceptors (Lipinski definition) is 3. The van der Waals surface area contributed by atoms with Crippen molar-refractivity contribution < 1.29 is 4.74 Å². The molecule has 0 saturated heterocycles. The summed E-state index contributed by atoms with van der Waals surface area (Å²) in [5.41, 5.74) is 0. The third kappa shape index (κ3) is 8.91. The zero-order chi connectivity index (χ0) is 16.4. The fraction of sp³-hybridized carbons (Fsp3) is 0.706. The summed E-state index contributed by atoms with van der Waals surface area (Å²) in [6, 6.07) is 4.29. The molecule has 1 aromatic rings. The van der Waals surface area contributed by atoms with E-state index in [9.17, 15) is 0 Å². The van der Waals surface area contributed by atoms with Crippen molar-refractivity contribution in [3.05, 3.63) is 22.4 Å². The minimum Gasteiger partial charge on any atom is -0.378 e. The summed E-state index contributed by atoms with van der Waals surface area (Å²) in [6.07, 6.45) is 2.37. The van der Waals surface area contributed by atoms with E-state index >= 15 is 0 Å². The molecule has 0 saturated carbocycles. The molecule has 4 nitrogen and oxygen atoms in total. The summed E-state index contributed by atoms with van der Waals surface area (Å²) in [5.74, 6) is 1.50. The van der Waals surface area contributed by atoms with Crippen molar-refractivity contribution in [2.45, 2.75) is 39.7 Å². The Morgan fingerprint density at radius 3 is 2.70 bits per heavy atom. The normalized spacial score (nSPS) is 12.9. The van der Waals surface area contributed by atoms with Gasteiger partial charge in [-0.3, -0.25) is 4.99 Å². The summed E-state index contributed by atoms with van der Waals surface area (Å²) in [7, 11) is 3.93. The molecule has 1 heterocycles. The second-order valence-electron chi connectivity index (χ2n) is 5.75. The molecule has 134 valence electrons. The minimum absolute atomic E-state index is 0. The van der Waals surface area contributed by atoms with E-state index < -0.39 is 0 Å². The highest BCUT2D eigenvalue weighted by atomic mass is 127. The number of rotatable bonds is 9. The smallest absolute Gasteiger partial charge is 0.193 e. The van der Waals surface area contributed by atoms with Gasteiger partial charge in [-0.15, -0.1) is 35.3 Å². The molecule has 0 spiro atoms. The Morgan fingerprint density at radius 2 is 2.17 bits per heavy atom. The highest BCUT2D eigenvalue weighted by Crippen LogP contribution is 2.11. The first kappa shape index (κ1) is 22.7. The molecular formula is C17H32IN3OS. The number of aliphatic imine (C=N–C) groups is 1. The lowest BCUT2D eigenvalue weighted by molar-refractivity contribution is 0.0257. The second-order valence-corrected chi connectivity index (χ2v) is 6.78. The van der Waals surface area contributed by atoms with Crippen LogP contribution in [0.1, 0.15) is 32.1 Å². The van der Waals surface area contributed by atoms with E-state index in [1.807, 2.05) is 18.4 Å². The van der Waals surface area contributed by atoms with Gasteiger partial charge in [0.05, 0.1) is 6.10 Å². The van der Waals surface area contributed by atoms with Gasteiger partial charge in [-0.1, -0.05) is 19.9 Å². The average molecular weight is 453 g/mol. The number of hydrogen-bond donors (Lipinski definition) is 1. The summed E-state index contributed by atoms with van der Waals surface area (Å²) < 4.78 is 5.78. The first-order valence-corrected chi connectivity index (χ1v) is 9.02. The molecule has 0 aromatic carbocycles. The van der Waals surface area contributed by atoms with Crippen LogP contribution in [0.4, 0.5) is 0 Å². The molecule has 0 bridgehead atoms. The predicted molar refractivity (Wildman–Crippen MR) is 112 cm³/mol. The Kier molecular flexibility index (Phi) is 12.8. The lowest BCUT2D eigenvalue weighted by Crippen LogP contribution is -2.41. The SMILES string of the molecule is CCOC(CCNC(=NC)N(C)CCc1cccs1)C(C)C.I. The van der Waals surface area contributed by atoms with Crippen molar-refractivity contribution in [2.24, 2.45) is 10.9 Å². The maximum absolute atomic E-state index is 5.78. The van der Waals surface area contributed by atoms with Crippen LogP contribution < -0.4 is 5.32 Å². The van der Waals surface area contributed by atoms with E-state index in [1.54, 1.807) is 0 Å². The number of nitrogens with zero attached hydrogens (tertiary/aromatic N) is 2. The van der Waals surface area contributed by atoms with Crippen LogP contribution >= 0.6 is 35.3 Å². The van der Waals surface area contributed by atoms with Gasteiger partial charge in [0.2, 0.25) is 0 Å². The van der Waals surface area contributed by atoms with Gasteiger partial charge in [0.15, 0.2) is 5.96 Å². The van der Waals surface area contributed by atoms with E-state index in [2.05, 4.69) is 60.5 Å². The van der Waals surface area contributed by atoms with Gasteiger partial charge in [-0.05, 0) is 37.1 Å². The van der Waals surface area contributed by atoms with Crippen molar-refractivity contribution in [3.63, 3.8) is 0 Å². The van der Waals surface area contributed by atoms with Crippen LogP contribution in [-0.4, -0.2) is 50.8 Å². The van der Waals surface area contributed by atoms with Crippen molar-refractivity contribution in [2.75, 3.05) is 33.8 Å². The van der Waals surface area contributed by atoms with Crippen LogP contribution in [-0.2, 0) is 11.2 Å².